The molecule has 0 aromatic heterocycles. The van der Waals surface area contributed by atoms with Gasteiger partial charge < -0.3 is 0 Å². The first-order chi connectivity index (χ1) is 6.72. The average molecular weight is 211 g/mol. The van der Waals surface area contributed by atoms with E-state index < -0.39 is 0 Å². The monoisotopic (exact) mass is 211 g/mol. The second kappa shape index (κ2) is 5.66. The fourth-order valence-electron chi connectivity index (χ4n) is 2.46. The first kappa shape index (κ1) is 11.9. The SMILES string of the molecule is CCSCCC1(C#N)CCCC(C)C1. The van der Waals surface area contributed by atoms with Gasteiger partial charge in [0.2, 0.25) is 0 Å². The number of rotatable bonds is 4. The van der Waals surface area contributed by atoms with E-state index >= 15 is 0 Å². The van der Waals surface area contributed by atoms with Gasteiger partial charge in [0.1, 0.15) is 0 Å². The zero-order valence-electron chi connectivity index (χ0n) is 9.38. The number of hydrogen-bond donors (Lipinski definition) is 0. The third-order valence-electron chi connectivity index (χ3n) is 3.26. The van der Waals surface area contributed by atoms with Gasteiger partial charge in [0.25, 0.3) is 0 Å². The Morgan fingerprint density at radius 1 is 1.57 bits per heavy atom. The van der Waals surface area contributed by atoms with E-state index in [4.69, 9.17) is 0 Å². The molecule has 1 aliphatic rings. The van der Waals surface area contributed by atoms with Crippen LogP contribution in [0.4, 0.5) is 0 Å². The summed E-state index contributed by atoms with van der Waals surface area (Å²) in [6.07, 6.45) is 5.95. The highest BCUT2D eigenvalue weighted by molar-refractivity contribution is 7.99. The highest BCUT2D eigenvalue weighted by Gasteiger charge is 2.34. The quantitative estimate of drug-likeness (QED) is 0.659. The summed E-state index contributed by atoms with van der Waals surface area (Å²) in [6, 6.07) is 2.59. The number of thioether (sulfide) groups is 1. The van der Waals surface area contributed by atoms with Crippen LogP contribution in [0, 0.1) is 22.7 Å². The molecule has 1 nitrogen and oxygen atoms in total. The number of nitriles is 1. The molecular formula is C12H21NS. The van der Waals surface area contributed by atoms with Gasteiger partial charge in [0.05, 0.1) is 11.5 Å². The fourth-order valence-corrected chi connectivity index (χ4v) is 3.28. The van der Waals surface area contributed by atoms with Crippen molar-refractivity contribution in [2.45, 2.75) is 46.0 Å². The number of nitrogens with zero attached hydrogens (tertiary/aromatic N) is 1. The van der Waals surface area contributed by atoms with Crippen molar-refractivity contribution < 1.29 is 0 Å². The van der Waals surface area contributed by atoms with Crippen molar-refractivity contribution in [1.29, 1.82) is 5.26 Å². The third-order valence-corrected chi connectivity index (χ3v) is 4.16. The summed E-state index contributed by atoms with van der Waals surface area (Å²) in [4.78, 5) is 0. The zero-order chi connectivity index (χ0) is 10.4. The van der Waals surface area contributed by atoms with Crippen LogP contribution in [0.1, 0.15) is 46.0 Å². The molecule has 0 amide bonds. The summed E-state index contributed by atoms with van der Waals surface area (Å²) >= 11 is 1.97. The lowest BCUT2D eigenvalue weighted by Gasteiger charge is -2.34. The topological polar surface area (TPSA) is 23.8 Å². The lowest BCUT2D eigenvalue weighted by atomic mass is 9.69. The van der Waals surface area contributed by atoms with Crippen molar-refractivity contribution in [1.82, 2.24) is 0 Å². The van der Waals surface area contributed by atoms with Crippen molar-refractivity contribution >= 4 is 11.8 Å². The molecule has 1 fully saturated rings. The van der Waals surface area contributed by atoms with Crippen LogP contribution in [0.2, 0.25) is 0 Å². The van der Waals surface area contributed by atoms with Gasteiger partial charge in [-0.15, -0.1) is 0 Å². The highest BCUT2D eigenvalue weighted by atomic mass is 32.2. The van der Waals surface area contributed by atoms with Crippen molar-refractivity contribution in [3.63, 3.8) is 0 Å². The normalized spacial score (nSPS) is 32.5. The van der Waals surface area contributed by atoms with Crippen LogP contribution in [-0.4, -0.2) is 11.5 Å². The maximum absolute atomic E-state index is 9.30. The largest absolute Gasteiger partial charge is 0.198 e. The predicted molar refractivity (Wildman–Crippen MR) is 63.3 cm³/mol. The van der Waals surface area contributed by atoms with Gasteiger partial charge in [-0.2, -0.15) is 17.0 Å². The van der Waals surface area contributed by atoms with E-state index in [-0.39, 0.29) is 5.41 Å². The van der Waals surface area contributed by atoms with Gasteiger partial charge in [0.15, 0.2) is 0 Å². The molecule has 0 N–H and O–H groups in total. The van der Waals surface area contributed by atoms with E-state index in [0.717, 1.165) is 30.9 Å². The molecule has 0 radical (unpaired) electrons. The lowest BCUT2D eigenvalue weighted by Crippen LogP contribution is -2.27. The van der Waals surface area contributed by atoms with Crippen LogP contribution >= 0.6 is 11.8 Å². The Balaban J connectivity index is 2.44. The van der Waals surface area contributed by atoms with Gasteiger partial charge >= 0.3 is 0 Å². The first-order valence-electron chi connectivity index (χ1n) is 5.71. The zero-order valence-corrected chi connectivity index (χ0v) is 10.2. The van der Waals surface area contributed by atoms with Crippen LogP contribution in [0.5, 0.6) is 0 Å². The van der Waals surface area contributed by atoms with Crippen molar-refractivity contribution in [3.8, 4) is 6.07 Å². The second-order valence-corrected chi connectivity index (χ2v) is 5.93. The molecule has 1 aliphatic carbocycles. The van der Waals surface area contributed by atoms with Crippen LogP contribution < -0.4 is 0 Å². The minimum absolute atomic E-state index is 0.0276. The van der Waals surface area contributed by atoms with Crippen molar-refractivity contribution in [2.24, 2.45) is 11.3 Å². The van der Waals surface area contributed by atoms with Crippen LogP contribution in [0.25, 0.3) is 0 Å². The Morgan fingerprint density at radius 2 is 2.36 bits per heavy atom. The van der Waals surface area contributed by atoms with E-state index in [1.165, 1.54) is 18.6 Å². The molecule has 1 rings (SSSR count). The van der Waals surface area contributed by atoms with Crippen LogP contribution in [-0.2, 0) is 0 Å². The van der Waals surface area contributed by atoms with E-state index in [1.807, 2.05) is 11.8 Å². The Morgan fingerprint density at radius 3 is 2.93 bits per heavy atom. The minimum atomic E-state index is 0.0276. The van der Waals surface area contributed by atoms with Gasteiger partial charge in [-0.05, 0) is 36.7 Å². The second-order valence-electron chi connectivity index (χ2n) is 4.54. The maximum atomic E-state index is 9.30. The third kappa shape index (κ3) is 3.20. The molecule has 0 spiro atoms. The van der Waals surface area contributed by atoms with E-state index in [9.17, 15) is 5.26 Å². The summed E-state index contributed by atoms with van der Waals surface area (Å²) in [5, 5.41) is 9.30. The van der Waals surface area contributed by atoms with Gasteiger partial charge in [0, 0.05) is 0 Å². The maximum Gasteiger partial charge on any atom is 0.0690 e. The minimum Gasteiger partial charge on any atom is -0.198 e. The van der Waals surface area contributed by atoms with E-state index in [2.05, 4.69) is 19.9 Å². The average Bonchev–Trinajstić information content (AvgIpc) is 2.18. The Bertz CT molecular complexity index is 209. The molecule has 0 heterocycles. The molecule has 2 heteroatoms. The molecule has 0 bridgehead atoms. The lowest BCUT2D eigenvalue weighted by molar-refractivity contribution is 0.206. The van der Waals surface area contributed by atoms with Gasteiger partial charge in [-0.3, -0.25) is 0 Å². The Labute approximate surface area is 92.3 Å². The summed E-state index contributed by atoms with van der Waals surface area (Å²) in [7, 11) is 0. The molecule has 1 saturated carbocycles. The van der Waals surface area contributed by atoms with Crippen molar-refractivity contribution in [3.05, 3.63) is 0 Å². The standard InChI is InChI=1S/C12H21NS/c1-3-14-8-7-12(10-13)6-4-5-11(2)9-12/h11H,3-9H2,1-2H3. The molecule has 2 atom stereocenters. The summed E-state index contributed by atoms with van der Waals surface area (Å²) < 4.78 is 0. The highest BCUT2D eigenvalue weighted by Crippen LogP contribution is 2.42. The molecule has 0 aromatic carbocycles. The smallest absolute Gasteiger partial charge is 0.0690 e. The summed E-state index contributed by atoms with van der Waals surface area (Å²) in [5.41, 5.74) is 0.0276. The molecule has 2 unspecified atom stereocenters. The molecule has 0 aliphatic heterocycles. The predicted octanol–water partition coefficient (Wildman–Crippen LogP) is 3.85. The summed E-state index contributed by atoms with van der Waals surface area (Å²) in [5.74, 6) is 3.10. The number of hydrogen-bond acceptors (Lipinski definition) is 2. The van der Waals surface area contributed by atoms with E-state index in [0.29, 0.717) is 0 Å². The van der Waals surface area contributed by atoms with Gasteiger partial charge in [-0.1, -0.05) is 26.7 Å². The molecule has 14 heavy (non-hydrogen) atoms. The Hall–Kier alpha value is -0.160. The van der Waals surface area contributed by atoms with E-state index in [1.54, 1.807) is 0 Å². The molecule has 0 saturated heterocycles. The first-order valence-corrected chi connectivity index (χ1v) is 6.87. The van der Waals surface area contributed by atoms with Crippen LogP contribution in [0.15, 0.2) is 0 Å². The molecular weight excluding hydrogens is 190 g/mol. The fraction of sp³-hybridized carbons (Fsp3) is 0.917. The van der Waals surface area contributed by atoms with Crippen LogP contribution in [0.3, 0.4) is 0 Å². The Kier molecular flexibility index (Phi) is 4.81. The molecule has 0 aromatic rings. The summed E-state index contributed by atoms with van der Waals surface area (Å²) in [6.45, 7) is 4.48. The van der Waals surface area contributed by atoms with Crippen molar-refractivity contribution in [2.75, 3.05) is 11.5 Å². The van der Waals surface area contributed by atoms with Gasteiger partial charge in [-0.25, -0.2) is 0 Å². The molecule has 80 valence electrons.